The number of imidazole rings is 1. The van der Waals surface area contributed by atoms with Gasteiger partial charge in [-0.2, -0.15) is 0 Å². The van der Waals surface area contributed by atoms with Gasteiger partial charge in [0.25, 0.3) is 0 Å². The summed E-state index contributed by atoms with van der Waals surface area (Å²) < 4.78 is 48.1. The molecule has 0 saturated carbocycles. The molecule has 8 nitrogen and oxygen atoms in total. The molecule has 1 atom stereocenters. The lowest BCUT2D eigenvalue weighted by molar-refractivity contribution is -0.136. The number of ether oxygens (including phenoxy) is 3. The lowest BCUT2D eigenvalue weighted by atomic mass is 10.1. The van der Waals surface area contributed by atoms with Gasteiger partial charge in [0.2, 0.25) is 0 Å². The number of rotatable bonds is 11. The van der Waals surface area contributed by atoms with Crippen molar-refractivity contribution >= 4 is 28.6 Å². The molecule has 0 amide bonds. The van der Waals surface area contributed by atoms with E-state index in [9.17, 15) is 18.7 Å². The first-order valence-corrected chi connectivity index (χ1v) is 14.8. The van der Waals surface area contributed by atoms with Crippen LogP contribution in [0.5, 0.6) is 11.5 Å². The highest BCUT2D eigenvalue weighted by atomic mass is 35.5. The Morgan fingerprint density at radius 2 is 1.86 bits per heavy atom. The molecule has 43 heavy (non-hydrogen) atoms. The van der Waals surface area contributed by atoms with Gasteiger partial charge in [-0.25, -0.2) is 13.8 Å². The van der Waals surface area contributed by atoms with Crippen molar-refractivity contribution < 1.29 is 32.9 Å². The van der Waals surface area contributed by atoms with Crippen molar-refractivity contribution in [3.05, 3.63) is 88.2 Å². The largest absolute Gasteiger partial charge is 0.490 e. The van der Waals surface area contributed by atoms with E-state index in [1.165, 1.54) is 18.2 Å². The van der Waals surface area contributed by atoms with E-state index in [2.05, 4.69) is 9.47 Å². The molecule has 6 rings (SSSR count). The minimum absolute atomic E-state index is 0.00284. The average Bonchev–Trinajstić information content (AvgIpc) is 3.28. The number of piperidine rings is 1. The van der Waals surface area contributed by atoms with Gasteiger partial charge in [-0.1, -0.05) is 17.7 Å². The summed E-state index contributed by atoms with van der Waals surface area (Å²) in [5.41, 5.74) is 2.78. The molecular weight excluding hydrogens is 580 g/mol. The van der Waals surface area contributed by atoms with Crippen LogP contribution in [0.1, 0.15) is 36.2 Å². The van der Waals surface area contributed by atoms with Crippen molar-refractivity contribution in [2.45, 2.75) is 57.6 Å². The summed E-state index contributed by atoms with van der Waals surface area (Å²) in [6.07, 6.45) is 2.63. The fourth-order valence-corrected chi connectivity index (χ4v) is 5.68. The summed E-state index contributed by atoms with van der Waals surface area (Å²) in [6.45, 7) is 3.54. The van der Waals surface area contributed by atoms with Crippen molar-refractivity contribution in [1.82, 2.24) is 14.5 Å². The Morgan fingerprint density at radius 1 is 1.05 bits per heavy atom. The van der Waals surface area contributed by atoms with Crippen molar-refractivity contribution in [1.29, 1.82) is 0 Å². The van der Waals surface area contributed by atoms with Crippen molar-refractivity contribution in [2.24, 2.45) is 0 Å². The van der Waals surface area contributed by atoms with E-state index in [0.717, 1.165) is 67.4 Å². The van der Waals surface area contributed by atoms with Crippen LogP contribution in [0.25, 0.3) is 11.0 Å². The second-order valence-corrected chi connectivity index (χ2v) is 11.5. The number of carboxylic acid groups (broad SMARTS) is 1. The Labute approximate surface area is 252 Å². The van der Waals surface area contributed by atoms with Crippen LogP contribution in [0.3, 0.4) is 0 Å². The van der Waals surface area contributed by atoms with Gasteiger partial charge in [-0.15, -0.1) is 0 Å². The average molecular weight is 612 g/mol. The van der Waals surface area contributed by atoms with Crippen LogP contribution >= 0.6 is 11.6 Å². The van der Waals surface area contributed by atoms with E-state index in [-0.39, 0.29) is 41.6 Å². The highest BCUT2D eigenvalue weighted by Crippen LogP contribution is 2.27. The van der Waals surface area contributed by atoms with Gasteiger partial charge in [0.1, 0.15) is 30.1 Å². The molecule has 3 heterocycles. The Kier molecular flexibility index (Phi) is 8.78. The summed E-state index contributed by atoms with van der Waals surface area (Å²) in [7, 11) is 0. The molecule has 0 bridgehead atoms. The topological polar surface area (TPSA) is 86.0 Å². The Morgan fingerprint density at radius 3 is 2.58 bits per heavy atom. The van der Waals surface area contributed by atoms with Crippen LogP contribution in [0.4, 0.5) is 8.78 Å². The number of hydrogen-bond acceptors (Lipinski definition) is 6. The van der Waals surface area contributed by atoms with Crippen LogP contribution in [-0.4, -0.2) is 57.4 Å². The summed E-state index contributed by atoms with van der Waals surface area (Å²) in [5.74, 6) is -0.468. The van der Waals surface area contributed by atoms with Gasteiger partial charge in [0.15, 0.2) is 11.6 Å². The minimum Gasteiger partial charge on any atom is -0.490 e. The van der Waals surface area contributed by atoms with E-state index in [4.69, 9.17) is 30.8 Å². The zero-order chi connectivity index (χ0) is 29.9. The molecule has 2 aliphatic heterocycles. The molecule has 1 aromatic heterocycles. The van der Waals surface area contributed by atoms with Crippen LogP contribution in [-0.2, 0) is 35.6 Å². The first kappa shape index (κ1) is 29.3. The maximum absolute atomic E-state index is 14.5. The molecular formula is C32H32ClF2N3O5. The fraction of sp³-hybridized carbons (Fsp3) is 0.375. The molecule has 0 spiro atoms. The van der Waals surface area contributed by atoms with E-state index < -0.39 is 17.6 Å². The number of benzene rings is 3. The number of nitrogens with zero attached hydrogens (tertiary/aromatic N) is 3. The van der Waals surface area contributed by atoms with Crippen molar-refractivity contribution in [3.63, 3.8) is 0 Å². The minimum atomic E-state index is -0.864. The third-order valence-corrected chi connectivity index (χ3v) is 8.16. The van der Waals surface area contributed by atoms with Crippen LogP contribution in [0.15, 0.2) is 54.6 Å². The van der Waals surface area contributed by atoms with Gasteiger partial charge in [-0.3, -0.25) is 9.69 Å². The molecule has 11 heteroatoms. The van der Waals surface area contributed by atoms with Crippen LogP contribution in [0.2, 0.25) is 5.02 Å². The standard InChI is InChI=1S/C32H32ClF2N3O5/c33-22-2-6-30(27(35)16-22)42-19-21-15-24(3-4-26(21)34)43-23-7-10-37(11-8-23)18-31-36-28-5-1-20(14-32(39)40)13-29(28)38(31)17-25-9-12-41-25/h1-6,13,15-16,23,25H,7-12,14,17-19H2,(H,39,40)/t25-/m0/s1. The highest BCUT2D eigenvalue weighted by molar-refractivity contribution is 6.30. The van der Waals surface area contributed by atoms with Crippen LogP contribution in [0, 0.1) is 11.6 Å². The highest BCUT2D eigenvalue weighted by Gasteiger charge is 2.26. The first-order chi connectivity index (χ1) is 20.8. The monoisotopic (exact) mass is 611 g/mol. The van der Waals surface area contributed by atoms with Gasteiger partial charge < -0.3 is 23.9 Å². The normalized spacial score (nSPS) is 17.6. The molecule has 0 aliphatic carbocycles. The molecule has 3 aromatic carbocycles. The summed E-state index contributed by atoms with van der Waals surface area (Å²) in [6, 6.07) is 14.2. The van der Waals surface area contributed by atoms with Crippen molar-refractivity contribution in [2.75, 3.05) is 19.7 Å². The number of likely N-dealkylation sites (tertiary alicyclic amines) is 1. The smallest absolute Gasteiger partial charge is 0.307 e. The zero-order valence-electron chi connectivity index (χ0n) is 23.5. The number of aliphatic carboxylic acids is 1. The van der Waals surface area contributed by atoms with E-state index in [0.29, 0.717) is 18.8 Å². The molecule has 226 valence electrons. The quantitative estimate of drug-likeness (QED) is 0.222. The number of halogens is 3. The SMILES string of the molecule is O=C(O)Cc1ccc2nc(CN3CCC(Oc4ccc(F)c(COc5ccc(Cl)cc5F)c4)CC3)n(C[C@@H]3CCO3)c2c1. The number of carboxylic acids is 1. The van der Waals surface area contributed by atoms with Gasteiger partial charge in [0, 0.05) is 30.3 Å². The van der Waals surface area contributed by atoms with Gasteiger partial charge in [-0.05, 0) is 73.4 Å². The zero-order valence-corrected chi connectivity index (χ0v) is 24.2. The molecule has 1 N–H and O–H groups in total. The lowest BCUT2D eigenvalue weighted by Crippen LogP contribution is -2.39. The third-order valence-electron chi connectivity index (χ3n) is 7.92. The fourth-order valence-electron chi connectivity index (χ4n) is 5.52. The maximum atomic E-state index is 14.5. The second kappa shape index (κ2) is 12.9. The predicted molar refractivity (Wildman–Crippen MR) is 156 cm³/mol. The number of aromatic nitrogens is 2. The summed E-state index contributed by atoms with van der Waals surface area (Å²) in [5, 5.41) is 9.50. The summed E-state index contributed by atoms with van der Waals surface area (Å²) in [4.78, 5) is 18.5. The maximum Gasteiger partial charge on any atom is 0.307 e. The Hall–Kier alpha value is -3.73. The Bertz CT molecular complexity index is 1620. The van der Waals surface area contributed by atoms with E-state index >= 15 is 0 Å². The third kappa shape index (κ3) is 7.09. The van der Waals surface area contributed by atoms with E-state index in [1.807, 2.05) is 18.2 Å². The number of carbonyl (C=O) groups is 1. The second-order valence-electron chi connectivity index (χ2n) is 11.0. The molecule has 0 unspecified atom stereocenters. The lowest BCUT2D eigenvalue weighted by Gasteiger charge is -2.32. The number of hydrogen-bond donors (Lipinski definition) is 1. The molecule has 0 radical (unpaired) electrons. The van der Waals surface area contributed by atoms with Gasteiger partial charge >= 0.3 is 5.97 Å². The van der Waals surface area contributed by atoms with Crippen molar-refractivity contribution in [3.8, 4) is 11.5 Å². The predicted octanol–water partition coefficient (Wildman–Crippen LogP) is 6.01. The molecule has 4 aromatic rings. The van der Waals surface area contributed by atoms with E-state index in [1.54, 1.807) is 12.1 Å². The Balaban J connectivity index is 1.08. The summed E-state index contributed by atoms with van der Waals surface area (Å²) >= 11 is 5.79. The van der Waals surface area contributed by atoms with Gasteiger partial charge in [0.05, 0.1) is 36.6 Å². The number of fused-ring (bicyclic) bond motifs is 1. The molecule has 2 aliphatic rings. The molecule has 2 fully saturated rings. The van der Waals surface area contributed by atoms with Crippen LogP contribution < -0.4 is 9.47 Å². The molecule has 2 saturated heterocycles. The first-order valence-electron chi connectivity index (χ1n) is 14.4.